The molecule has 1 aromatic carbocycles. The highest BCUT2D eigenvalue weighted by Crippen LogP contribution is 2.30. The van der Waals surface area contributed by atoms with E-state index in [2.05, 4.69) is 10.3 Å². The Kier molecular flexibility index (Phi) is 9.57. The summed E-state index contributed by atoms with van der Waals surface area (Å²) in [7, 11) is 1.32. The Bertz CT molecular complexity index is 1210. The summed E-state index contributed by atoms with van der Waals surface area (Å²) in [6, 6.07) is 9.15. The number of benzene rings is 1. The summed E-state index contributed by atoms with van der Waals surface area (Å²) in [5, 5.41) is 12.7. The second kappa shape index (κ2) is 13.3. The molecule has 2 heterocycles. The highest BCUT2D eigenvalue weighted by Gasteiger charge is 2.43. The van der Waals surface area contributed by atoms with Gasteiger partial charge in [0.1, 0.15) is 18.6 Å². The van der Waals surface area contributed by atoms with Gasteiger partial charge in [-0.3, -0.25) is 14.4 Å². The number of nitrogens with zero attached hydrogens (tertiary/aromatic N) is 1. The zero-order valence-corrected chi connectivity index (χ0v) is 22.5. The number of hydrogen-bond acceptors (Lipinski definition) is 10. The molecule has 1 saturated carbocycles. The molecule has 2 aromatic rings. The van der Waals surface area contributed by atoms with E-state index in [-0.39, 0.29) is 23.8 Å². The molecule has 1 aliphatic carbocycles. The summed E-state index contributed by atoms with van der Waals surface area (Å²) in [5.74, 6) is -4.66. The molecular formula is C29H34N2O9. The zero-order chi connectivity index (χ0) is 28.6. The summed E-state index contributed by atoms with van der Waals surface area (Å²) in [6.45, 7) is 1.01. The summed E-state index contributed by atoms with van der Waals surface area (Å²) < 4.78 is 22.0. The number of cyclic esters (lactones) is 2. The maximum atomic E-state index is 13.4. The summed E-state index contributed by atoms with van der Waals surface area (Å²) in [5.41, 5.74) is 0.429. The van der Waals surface area contributed by atoms with Gasteiger partial charge in [-0.2, -0.15) is 0 Å². The third-order valence-electron chi connectivity index (χ3n) is 7.26. The van der Waals surface area contributed by atoms with Crippen molar-refractivity contribution in [2.75, 3.05) is 13.7 Å². The largest absolute Gasteiger partial charge is 0.503 e. The molecule has 1 aromatic heterocycles. The van der Waals surface area contributed by atoms with E-state index in [1.165, 1.54) is 19.4 Å². The van der Waals surface area contributed by atoms with Gasteiger partial charge in [-0.15, -0.1) is 0 Å². The van der Waals surface area contributed by atoms with Gasteiger partial charge in [-0.25, -0.2) is 9.78 Å². The maximum Gasteiger partial charge on any atom is 0.332 e. The first-order valence-corrected chi connectivity index (χ1v) is 13.4. The monoisotopic (exact) mass is 554 g/mol. The quantitative estimate of drug-likeness (QED) is 0.386. The first kappa shape index (κ1) is 28.8. The number of carbonyl (C=O) groups is 4. The van der Waals surface area contributed by atoms with Crippen LogP contribution in [-0.4, -0.2) is 65.9 Å². The molecule has 4 unspecified atom stereocenters. The molecule has 1 aliphatic heterocycles. The minimum Gasteiger partial charge on any atom is -0.503 e. The van der Waals surface area contributed by atoms with Crippen molar-refractivity contribution in [2.45, 2.75) is 63.7 Å². The SMILES string of the molecule is COc1ccnc(C(=O)NC2COC(=O)C(Cc3ccccc3)C(OC(=O)C3CCCCC3)C(C)OC2=O)c1O. The third-order valence-corrected chi connectivity index (χ3v) is 7.26. The van der Waals surface area contributed by atoms with Gasteiger partial charge >= 0.3 is 17.9 Å². The average molecular weight is 555 g/mol. The molecule has 40 heavy (non-hydrogen) atoms. The first-order valence-electron chi connectivity index (χ1n) is 13.4. The molecule has 0 bridgehead atoms. The van der Waals surface area contributed by atoms with Crippen LogP contribution in [0.2, 0.25) is 0 Å². The number of aromatic nitrogens is 1. The fourth-order valence-corrected chi connectivity index (χ4v) is 5.04. The molecule has 11 heteroatoms. The molecule has 1 saturated heterocycles. The van der Waals surface area contributed by atoms with Crippen LogP contribution >= 0.6 is 0 Å². The van der Waals surface area contributed by atoms with Crippen LogP contribution in [0, 0.1) is 11.8 Å². The number of hydrogen-bond donors (Lipinski definition) is 2. The van der Waals surface area contributed by atoms with E-state index >= 15 is 0 Å². The molecule has 2 N–H and O–H groups in total. The van der Waals surface area contributed by atoms with Crippen LogP contribution < -0.4 is 10.1 Å². The maximum absolute atomic E-state index is 13.4. The number of amides is 1. The predicted octanol–water partition coefficient (Wildman–Crippen LogP) is 2.73. The normalized spacial score (nSPS) is 23.9. The van der Waals surface area contributed by atoms with Crippen LogP contribution in [0.4, 0.5) is 0 Å². The van der Waals surface area contributed by atoms with Gasteiger partial charge in [-0.1, -0.05) is 49.6 Å². The van der Waals surface area contributed by atoms with E-state index in [9.17, 15) is 24.3 Å². The molecule has 0 radical (unpaired) electrons. The van der Waals surface area contributed by atoms with Crippen LogP contribution in [0.1, 0.15) is 55.1 Å². The lowest BCUT2D eigenvalue weighted by Crippen LogP contribution is -2.47. The Hall–Kier alpha value is -4.15. The average Bonchev–Trinajstić information content (AvgIpc) is 3.00. The van der Waals surface area contributed by atoms with Crippen molar-refractivity contribution in [3.8, 4) is 11.5 Å². The fourth-order valence-electron chi connectivity index (χ4n) is 5.04. The lowest BCUT2D eigenvalue weighted by Gasteiger charge is -2.31. The molecule has 2 fully saturated rings. The van der Waals surface area contributed by atoms with Crippen LogP contribution in [-0.2, 0) is 35.0 Å². The van der Waals surface area contributed by atoms with E-state index in [4.69, 9.17) is 18.9 Å². The summed E-state index contributed by atoms with van der Waals surface area (Å²) in [6.07, 6.45) is 3.61. The van der Waals surface area contributed by atoms with E-state index in [1.54, 1.807) is 6.92 Å². The lowest BCUT2D eigenvalue weighted by molar-refractivity contribution is -0.177. The fraction of sp³-hybridized carbons (Fsp3) is 0.483. The van der Waals surface area contributed by atoms with Crippen molar-refractivity contribution in [3.05, 3.63) is 53.9 Å². The van der Waals surface area contributed by atoms with Gasteiger partial charge in [0.15, 0.2) is 29.3 Å². The van der Waals surface area contributed by atoms with Crippen molar-refractivity contribution < 1.29 is 43.2 Å². The zero-order valence-electron chi connectivity index (χ0n) is 22.5. The molecule has 0 spiro atoms. The lowest BCUT2D eigenvalue weighted by atomic mass is 9.88. The Morgan fingerprint density at radius 2 is 1.80 bits per heavy atom. The minimum absolute atomic E-state index is 0.0172. The molecule has 11 nitrogen and oxygen atoms in total. The molecule has 4 atom stereocenters. The molecule has 214 valence electrons. The third kappa shape index (κ3) is 6.88. The van der Waals surface area contributed by atoms with E-state index < -0.39 is 60.3 Å². The van der Waals surface area contributed by atoms with E-state index in [0.717, 1.165) is 24.8 Å². The first-order chi connectivity index (χ1) is 19.3. The van der Waals surface area contributed by atoms with E-state index in [0.29, 0.717) is 12.8 Å². The van der Waals surface area contributed by atoms with Crippen LogP contribution in [0.5, 0.6) is 11.5 Å². The highest BCUT2D eigenvalue weighted by molar-refractivity contribution is 5.98. The van der Waals surface area contributed by atoms with Crippen molar-refractivity contribution >= 4 is 23.8 Å². The van der Waals surface area contributed by atoms with Gasteiger partial charge in [-0.05, 0) is 31.7 Å². The molecular weight excluding hydrogens is 520 g/mol. The number of esters is 3. The van der Waals surface area contributed by atoms with Crippen molar-refractivity contribution in [2.24, 2.45) is 11.8 Å². The highest BCUT2D eigenvalue weighted by atomic mass is 16.6. The second-order valence-electron chi connectivity index (χ2n) is 10.0. The molecule has 2 aliphatic rings. The van der Waals surface area contributed by atoms with Gasteiger partial charge in [0.25, 0.3) is 5.91 Å². The number of nitrogens with one attached hydrogen (secondary N) is 1. The van der Waals surface area contributed by atoms with E-state index in [1.807, 2.05) is 30.3 Å². The summed E-state index contributed by atoms with van der Waals surface area (Å²) >= 11 is 0. The van der Waals surface area contributed by atoms with Crippen molar-refractivity contribution in [1.29, 1.82) is 0 Å². The van der Waals surface area contributed by atoms with Gasteiger partial charge in [0, 0.05) is 12.3 Å². The molecule has 1 amide bonds. The predicted molar refractivity (Wildman–Crippen MR) is 140 cm³/mol. The Labute approximate surface area is 232 Å². The Balaban J connectivity index is 1.57. The van der Waals surface area contributed by atoms with Gasteiger partial charge in [0.2, 0.25) is 0 Å². The molecule has 4 rings (SSSR count). The summed E-state index contributed by atoms with van der Waals surface area (Å²) in [4.78, 5) is 56.4. The Morgan fingerprint density at radius 1 is 1.07 bits per heavy atom. The van der Waals surface area contributed by atoms with Crippen molar-refractivity contribution in [3.63, 3.8) is 0 Å². The number of pyridine rings is 1. The number of methoxy groups -OCH3 is 1. The smallest absolute Gasteiger partial charge is 0.332 e. The van der Waals surface area contributed by atoms with Gasteiger partial charge in [0.05, 0.1) is 13.0 Å². The van der Waals surface area contributed by atoms with Crippen molar-refractivity contribution in [1.82, 2.24) is 10.3 Å². The van der Waals surface area contributed by atoms with Crippen LogP contribution in [0.25, 0.3) is 0 Å². The number of aromatic hydroxyl groups is 1. The standard InChI is InChI=1S/C29H34N2O9/c1-17-25(40-27(34)19-11-7-4-8-12-19)20(15-18-9-5-3-6-10-18)28(35)38-16-21(29(36)39-17)31-26(33)23-24(32)22(37-2)13-14-30-23/h3,5-6,9-10,13-14,17,19-21,25,32H,4,7-8,11-12,15-16H2,1-2H3,(H,31,33). The topological polar surface area (TPSA) is 150 Å². The number of ether oxygens (including phenoxy) is 4. The number of carbonyl (C=O) groups excluding carboxylic acids is 4. The Morgan fingerprint density at radius 3 is 2.50 bits per heavy atom. The second-order valence-corrected chi connectivity index (χ2v) is 10.0. The van der Waals surface area contributed by atoms with Crippen LogP contribution in [0.3, 0.4) is 0 Å². The van der Waals surface area contributed by atoms with Crippen LogP contribution in [0.15, 0.2) is 42.6 Å². The minimum atomic E-state index is -1.41. The van der Waals surface area contributed by atoms with Gasteiger partial charge < -0.3 is 29.4 Å². The number of rotatable bonds is 7.